The van der Waals surface area contributed by atoms with E-state index in [2.05, 4.69) is 5.32 Å². The molecule has 1 amide bonds. The number of rotatable bonds is 10. The average molecular weight is 562 g/mol. The van der Waals surface area contributed by atoms with Gasteiger partial charge in [-0.3, -0.25) is 14.4 Å². The van der Waals surface area contributed by atoms with E-state index >= 15 is 0 Å². The molecule has 0 unspecified atom stereocenters. The maximum Gasteiger partial charge on any atom is 0.303 e. The number of esters is 2. The first-order chi connectivity index (χ1) is 19.8. The fourth-order valence-electron chi connectivity index (χ4n) is 5.27. The first kappa shape index (κ1) is 29.9. The van der Waals surface area contributed by atoms with Crippen molar-refractivity contribution >= 4 is 17.8 Å². The van der Waals surface area contributed by atoms with Crippen molar-refractivity contribution < 1.29 is 38.1 Å². The van der Waals surface area contributed by atoms with Gasteiger partial charge in [0.25, 0.3) is 0 Å². The summed E-state index contributed by atoms with van der Waals surface area (Å²) >= 11 is 0. The third kappa shape index (κ3) is 6.82. The molecule has 0 bridgehead atoms. The molecule has 0 saturated carbocycles. The summed E-state index contributed by atoms with van der Waals surface area (Å²) in [6.07, 6.45) is -4.18. The summed E-state index contributed by atoms with van der Waals surface area (Å²) in [5.41, 5.74) is 1.52. The Labute approximate surface area is 239 Å². The first-order valence-corrected chi connectivity index (χ1v) is 13.4. The van der Waals surface area contributed by atoms with Crippen LogP contribution in [0.4, 0.5) is 0 Å². The van der Waals surface area contributed by atoms with Crippen molar-refractivity contribution in [3.8, 4) is 0 Å². The van der Waals surface area contributed by atoms with Gasteiger partial charge >= 0.3 is 11.9 Å². The zero-order valence-corrected chi connectivity index (χ0v) is 23.5. The maximum atomic E-state index is 12.3. The molecule has 1 fully saturated rings. The lowest BCUT2D eigenvalue weighted by atomic mass is 9.80. The van der Waals surface area contributed by atoms with Crippen LogP contribution in [-0.2, 0) is 43.7 Å². The number of benzene rings is 3. The molecule has 1 heterocycles. The summed E-state index contributed by atoms with van der Waals surface area (Å²) in [5, 5.41) is 2.71. The Morgan fingerprint density at radius 2 is 1.17 bits per heavy atom. The van der Waals surface area contributed by atoms with Crippen LogP contribution < -0.4 is 5.32 Å². The summed E-state index contributed by atoms with van der Waals surface area (Å²) in [6, 6.07) is 28.4. The standard InChI is InChI=1S/C32H35NO8/c1-21(34)33-28-30(40-23(3)36)29(39-22(2)35)27(41-31(28)37-4)20-38-32(24-14-8-5-9-15-24,25-16-10-6-11-17-25)26-18-12-7-13-19-26/h5-19,27-31H,20H2,1-4H3,(H,33,34)/t27-,28-,29-,30-,31+/m1/s1. The number of amides is 1. The van der Waals surface area contributed by atoms with Crippen LogP contribution in [0.5, 0.6) is 0 Å². The van der Waals surface area contributed by atoms with Crippen LogP contribution in [-0.4, -0.2) is 62.2 Å². The van der Waals surface area contributed by atoms with Gasteiger partial charge in [0.05, 0.1) is 6.61 Å². The van der Waals surface area contributed by atoms with Gasteiger partial charge in [-0.2, -0.15) is 0 Å². The topological polar surface area (TPSA) is 109 Å². The molecule has 1 aliphatic heterocycles. The van der Waals surface area contributed by atoms with Gasteiger partial charge in [-0.15, -0.1) is 0 Å². The quantitative estimate of drug-likeness (QED) is 0.295. The second-order valence-corrected chi connectivity index (χ2v) is 9.74. The van der Waals surface area contributed by atoms with Crippen molar-refractivity contribution in [3.05, 3.63) is 108 Å². The summed E-state index contributed by atoms with van der Waals surface area (Å²) in [7, 11) is 1.41. The van der Waals surface area contributed by atoms with E-state index in [1.54, 1.807) is 0 Å². The van der Waals surface area contributed by atoms with Crippen LogP contribution >= 0.6 is 0 Å². The lowest BCUT2D eigenvalue weighted by Crippen LogP contribution is -2.66. The average Bonchev–Trinajstić information content (AvgIpc) is 2.97. The largest absolute Gasteiger partial charge is 0.456 e. The minimum Gasteiger partial charge on any atom is -0.456 e. The number of ether oxygens (including phenoxy) is 5. The predicted molar refractivity (Wildman–Crippen MR) is 150 cm³/mol. The highest BCUT2D eigenvalue weighted by Gasteiger charge is 2.51. The Balaban J connectivity index is 1.80. The Kier molecular flexibility index (Phi) is 9.88. The summed E-state index contributed by atoms with van der Waals surface area (Å²) in [4.78, 5) is 36.5. The minimum absolute atomic E-state index is 0.0962. The number of nitrogens with one attached hydrogen (secondary N) is 1. The summed E-state index contributed by atoms with van der Waals surface area (Å²) < 4.78 is 30.0. The van der Waals surface area contributed by atoms with Crippen molar-refractivity contribution in [2.45, 2.75) is 57.0 Å². The van der Waals surface area contributed by atoms with E-state index in [4.69, 9.17) is 23.7 Å². The molecule has 9 heteroatoms. The fraction of sp³-hybridized carbons (Fsp3) is 0.344. The molecule has 1 aliphatic rings. The molecule has 1 saturated heterocycles. The molecule has 0 radical (unpaired) electrons. The van der Waals surface area contributed by atoms with Crippen LogP contribution in [0.1, 0.15) is 37.5 Å². The molecule has 0 spiro atoms. The van der Waals surface area contributed by atoms with E-state index in [0.717, 1.165) is 16.7 Å². The number of methoxy groups -OCH3 is 1. The van der Waals surface area contributed by atoms with Crippen molar-refractivity contribution in [2.24, 2.45) is 0 Å². The predicted octanol–water partition coefficient (Wildman–Crippen LogP) is 3.73. The van der Waals surface area contributed by atoms with E-state index in [-0.39, 0.29) is 6.61 Å². The zero-order valence-electron chi connectivity index (χ0n) is 23.5. The lowest BCUT2D eigenvalue weighted by Gasteiger charge is -2.46. The molecule has 0 aromatic heterocycles. The van der Waals surface area contributed by atoms with Gasteiger partial charge in [-0.25, -0.2) is 0 Å². The normalized spacial score (nSPS) is 22.4. The summed E-state index contributed by atoms with van der Waals surface area (Å²) in [6.45, 7) is 3.72. The van der Waals surface area contributed by atoms with E-state index < -0.39 is 54.1 Å². The third-order valence-electron chi connectivity index (χ3n) is 6.86. The highest BCUT2D eigenvalue weighted by molar-refractivity contribution is 5.73. The zero-order chi connectivity index (χ0) is 29.4. The number of carbonyl (C=O) groups is 3. The molecular formula is C32H35NO8. The van der Waals surface area contributed by atoms with E-state index in [1.165, 1.54) is 27.9 Å². The second-order valence-electron chi connectivity index (χ2n) is 9.74. The Morgan fingerprint density at radius 3 is 1.56 bits per heavy atom. The Bertz CT molecular complexity index is 1200. The molecule has 5 atom stereocenters. The van der Waals surface area contributed by atoms with Crippen molar-refractivity contribution in [3.63, 3.8) is 0 Å². The van der Waals surface area contributed by atoms with Crippen molar-refractivity contribution in [2.75, 3.05) is 13.7 Å². The molecule has 216 valence electrons. The fourth-order valence-corrected chi connectivity index (χ4v) is 5.27. The van der Waals surface area contributed by atoms with Crippen molar-refractivity contribution in [1.29, 1.82) is 0 Å². The molecule has 41 heavy (non-hydrogen) atoms. The first-order valence-electron chi connectivity index (χ1n) is 13.4. The monoisotopic (exact) mass is 561 g/mol. The van der Waals surface area contributed by atoms with Gasteiger partial charge in [-0.1, -0.05) is 91.0 Å². The Morgan fingerprint density at radius 1 is 0.732 bits per heavy atom. The van der Waals surface area contributed by atoms with Crippen molar-refractivity contribution in [1.82, 2.24) is 5.32 Å². The van der Waals surface area contributed by atoms with Crippen LogP contribution in [0.2, 0.25) is 0 Å². The molecule has 1 N–H and O–H groups in total. The van der Waals surface area contributed by atoms with Gasteiger partial charge in [0, 0.05) is 27.9 Å². The second kappa shape index (κ2) is 13.5. The molecule has 3 aromatic rings. The van der Waals surface area contributed by atoms with E-state index in [0.29, 0.717) is 0 Å². The molecule has 0 aliphatic carbocycles. The van der Waals surface area contributed by atoms with Crippen LogP contribution in [0.3, 0.4) is 0 Å². The van der Waals surface area contributed by atoms with Gasteiger partial charge in [0.1, 0.15) is 17.7 Å². The number of carbonyl (C=O) groups excluding carboxylic acids is 3. The van der Waals surface area contributed by atoms with Gasteiger partial charge < -0.3 is 29.0 Å². The molecule has 9 nitrogen and oxygen atoms in total. The number of hydrogen-bond donors (Lipinski definition) is 1. The minimum atomic E-state index is -1.11. The summed E-state index contributed by atoms with van der Waals surface area (Å²) in [5.74, 6) is -1.63. The van der Waals surface area contributed by atoms with Gasteiger partial charge in [0.2, 0.25) is 5.91 Å². The van der Waals surface area contributed by atoms with E-state index in [9.17, 15) is 14.4 Å². The highest BCUT2D eigenvalue weighted by atomic mass is 16.7. The Hall–Kier alpha value is -4.05. The molecular weight excluding hydrogens is 526 g/mol. The van der Waals surface area contributed by atoms with Gasteiger partial charge in [0.15, 0.2) is 18.5 Å². The van der Waals surface area contributed by atoms with Crippen LogP contribution in [0, 0.1) is 0 Å². The maximum absolute atomic E-state index is 12.3. The van der Waals surface area contributed by atoms with Gasteiger partial charge in [-0.05, 0) is 16.7 Å². The number of hydrogen-bond acceptors (Lipinski definition) is 8. The third-order valence-corrected chi connectivity index (χ3v) is 6.86. The molecule has 4 rings (SSSR count). The molecule has 3 aromatic carbocycles. The SMILES string of the molecule is CO[C@H]1O[C@H](COC(c2ccccc2)(c2ccccc2)c2ccccc2)[C@@H](OC(C)=O)[C@H](OC(C)=O)[C@H]1NC(C)=O. The van der Waals surface area contributed by atoms with E-state index in [1.807, 2.05) is 91.0 Å². The highest BCUT2D eigenvalue weighted by Crippen LogP contribution is 2.41. The lowest BCUT2D eigenvalue weighted by molar-refractivity contribution is -0.276. The smallest absolute Gasteiger partial charge is 0.303 e. The van der Waals surface area contributed by atoms with Crippen LogP contribution in [0.25, 0.3) is 0 Å². The van der Waals surface area contributed by atoms with Crippen LogP contribution in [0.15, 0.2) is 91.0 Å².